The number of nitrogen functional groups attached to an aromatic ring is 1. The van der Waals surface area contributed by atoms with E-state index in [9.17, 15) is 0 Å². The van der Waals surface area contributed by atoms with Crippen LogP contribution in [0.1, 0.15) is 0 Å². The molecule has 0 bridgehead atoms. The maximum absolute atomic E-state index is 5.95. The van der Waals surface area contributed by atoms with Crippen LogP contribution in [0.25, 0.3) is 11.3 Å². The van der Waals surface area contributed by atoms with E-state index < -0.39 is 0 Å². The van der Waals surface area contributed by atoms with Gasteiger partial charge in [-0.15, -0.1) is 0 Å². The first-order chi connectivity index (χ1) is 7.22. The largest absolute Gasteiger partial charge is 0.496 e. The normalized spacial score (nSPS) is 10.3. The van der Waals surface area contributed by atoms with Crippen LogP contribution in [0, 0.1) is 0 Å². The minimum Gasteiger partial charge on any atom is -0.496 e. The number of nitrogens with zero attached hydrogens (tertiary/aromatic N) is 1. The van der Waals surface area contributed by atoms with Crippen molar-refractivity contribution in [2.75, 3.05) is 12.8 Å². The second-order valence-electron chi connectivity index (χ2n) is 2.98. The number of hydrogen-bond acceptors (Lipinski definition) is 3. The SMILES string of the molecule is COc1ccccc1-c1nc(N)[nH]c1Cl. The average molecular weight is 224 g/mol. The summed E-state index contributed by atoms with van der Waals surface area (Å²) in [6.45, 7) is 0. The van der Waals surface area contributed by atoms with Crippen molar-refractivity contribution in [3.8, 4) is 17.0 Å². The van der Waals surface area contributed by atoms with Crippen LogP contribution in [0.5, 0.6) is 5.75 Å². The molecule has 15 heavy (non-hydrogen) atoms. The van der Waals surface area contributed by atoms with E-state index in [1.807, 2.05) is 24.3 Å². The molecule has 1 heterocycles. The van der Waals surface area contributed by atoms with Crippen molar-refractivity contribution in [2.45, 2.75) is 0 Å². The molecule has 78 valence electrons. The zero-order chi connectivity index (χ0) is 10.8. The lowest BCUT2D eigenvalue weighted by Crippen LogP contribution is -1.88. The number of imidazole rings is 1. The molecular formula is C10H10ClN3O. The van der Waals surface area contributed by atoms with Crippen LogP contribution in [0.4, 0.5) is 5.95 Å². The van der Waals surface area contributed by atoms with Crippen LogP contribution < -0.4 is 10.5 Å². The van der Waals surface area contributed by atoms with Gasteiger partial charge in [0.2, 0.25) is 0 Å². The number of anilines is 1. The summed E-state index contributed by atoms with van der Waals surface area (Å²) in [6, 6.07) is 7.49. The second-order valence-corrected chi connectivity index (χ2v) is 3.36. The van der Waals surface area contributed by atoms with Crippen molar-refractivity contribution in [2.24, 2.45) is 0 Å². The maximum Gasteiger partial charge on any atom is 0.199 e. The third-order valence-corrected chi connectivity index (χ3v) is 2.31. The zero-order valence-corrected chi connectivity index (χ0v) is 8.88. The molecule has 2 aromatic rings. The first kappa shape index (κ1) is 9.86. The second kappa shape index (κ2) is 3.82. The van der Waals surface area contributed by atoms with Crippen LogP contribution in [-0.4, -0.2) is 17.1 Å². The van der Waals surface area contributed by atoms with Gasteiger partial charge >= 0.3 is 0 Å². The maximum atomic E-state index is 5.95. The number of rotatable bonds is 2. The van der Waals surface area contributed by atoms with Gasteiger partial charge in [0.1, 0.15) is 16.6 Å². The minimum atomic E-state index is 0.293. The zero-order valence-electron chi connectivity index (χ0n) is 8.12. The highest BCUT2D eigenvalue weighted by molar-refractivity contribution is 6.32. The molecule has 0 aliphatic rings. The Morgan fingerprint density at radius 1 is 1.40 bits per heavy atom. The molecule has 0 saturated carbocycles. The number of nitrogens with two attached hydrogens (primary N) is 1. The number of ether oxygens (including phenoxy) is 1. The molecule has 0 radical (unpaired) electrons. The molecule has 4 nitrogen and oxygen atoms in total. The highest BCUT2D eigenvalue weighted by Gasteiger charge is 2.12. The highest BCUT2D eigenvalue weighted by atomic mass is 35.5. The lowest BCUT2D eigenvalue weighted by atomic mass is 10.1. The van der Waals surface area contributed by atoms with Crippen LogP contribution in [0.2, 0.25) is 5.15 Å². The molecule has 3 N–H and O–H groups in total. The van der Waals surface area contributed by atoms with E-state index in [0.717, 1.165) is 5.56 Å². The van der Waals surface area contributed by atoms with E-state index in [1.165, 1.54) is 0 Å². The molecule has 0 saturated heterocycles. The van der Waals surface area contributed by atoms with E-state index in [2.05, 4.69) is 9.97 Å². The summed E-state index contributed by atoms with van der Waals surface area (Å²) in [5.74, 6) is 1.01. The Balaban J connectivity index is 2.58. The van der Waals surface area contributed by atoms with Crippen molar-refractivity contribution in [3.05, 3.63) is 29.4 Å². The number of aromatic nitrogens is 2. The predicted octanol–water partition coefficient (Wildman–Crippen LogP) is 2.32. The van der Waals surface area contributed by atoms with Crippen LogP contribution in [0.15, 0.2) is 24.3 Å². The van der Waals surface area contributed by atoms with Gasteiger partial charge in [0.05, 0.1) is 7.11 Å². The summed E-state index contributed by atoms with van der Waals surface area (Å²) >= 11 is 5.95. The van der Waals surface area contributed by atoms with E-state index in [4.69, 9.17) is 22.1 Å². The fourth-order valence-electron chi connectivity index (χ4n) is 1.39. The van der Waals surface area contributed by atoms with E-state index in [-0.39, 0.29) is 0 Å². The molecule has 0 aliphatic heterocycles. The predicted molar refractivity (Wildman–Crippen MR) is 60.0 cm³/mol. The number of benzene rings is 1. The number of aromatic amines is 1. The van der Waals surface area contributed by atoms with Gasteiger partial charge in [-0.3, -0.25) is 0 Å². The standard InChI is InChI=1S/C10H10ClN3O/c1-15-7-5-3-2-4-6(7)8-9(11)14-10(12)13-8/h2-5H,1H3,(H3,12,13,14). The molecule has 0 unspecified atom stereocenters. The first-order valence-electron chi connectivity index (χ1n) is 4.36. The fraction of sp³-hybridized carbons (Fsp3) is 0.100. The van der Waals surface area contributed by atoms with E-state index >= 15 is 0 Å². The molecule has 0 atom stereocenters. The Morgan fingerprint density at radius 2 is 2.13 bits per heavy atom. The lowest BCUT2D eigenvalue weighted by Gasteiger charge is -2.05. The van der Waals surface area contributed by atoms with Crippen molar-refractivity contribution >= 4 is 17.5 Å². The Bertz CT molecular complexity index is 481. The van der Waals surface area contributed by atoms with Crippen molar-refractivity contribution in [3.63, 3.8) is 0 Å². The molecule has 2 rings (SSSR count). The molecule has 5 heteroatoms. The first-order valence-corrected chi connectivity index (χ1v) is 4.74. The molecule has 0 amide bonds. The summed E-state index contributed by atoms with van der Waals surface area (Å²) in [5, 5.41) is 0.414. The summed E-state index contributed by atoms with van der Waals surface area (Å²) in [5.41, 5.74) is 6.94. The van der Waals surface area contributed by atoms with Crippen molar-refractivity contribution < 1.29 is 4.74 Å². The number of H-pyrrole nitrogens is 1. The topological polar surface area (TPSA) is 63.9 Å². The summed E-state index contributed by atoms with van der Waals surface area (Å²) in [7, 11) is 1.60. The Kier molecular flexibility index (Phi) is 2.51. The summed E-state index contributed by atoms with van der Waals surface area (Å²) in [6.07, 6.45) is 0. The van der Waals surface area contributed by atoms with Gasteiger partial charge in [0.15, 0.2) is 5.95 Å². The number of para-hydroxylation sites is 1. The Hall–Kier alpha value is -1.68. The summed E-state index contributed by atoms with van der Waals surface area (Å²) < 4.78 is 5.21. The van der Waals surface area contributed by atoms with Gasteiger partial charge in [-0.1, -0.05) is 23.7 Å². The minimum absolute atomic E-state index is 0.293. The van der Waals surface area contributed by atoms with Gasteiger partial charge in [-0.25, -0.2) is 4.98 Å². The third-order valence-electron chi connectivity index (χ3n) is 2.04. The van der Waals surface area contributed by atoms with Gasteiger partial charge < -0.3 is 15.5 Å². The molecular weight excluding hydrogens is 214 g/mol. The Labute approximate surface area is 92.0 Å². The number of halogens is 1. The van der Waals surface area contributed by atoms with Crippen molar-refractivity contribution in [1.29, 1.82) is 0 Å². The van der Waals surface area contributed by atoms with Crippen LogP contribution >= 0.6 is 11.6 Å². The van der Waals surface area contributed by atoms with Crippen LogP contribution in [-0.2, 0) is 0 Å². The highest BCUT2D eigenvalue weighted by Crippen LogP contribution is 2.33. The lowest BCUT2D eigenvalue weighted by molar-refractivity contribution is 0.416. The average Bonchev–Trinajstić information content (AvgIpc) is 2.57. The third kappa shape index (κ3) is 1.76. The number of methoxy groups -OCH3 is 1. The molecule has 0 spiro atoms. The molecule has 0 aliphatic carbocycles. The molecule has 1 aromatic carbocycles. The number of nitrogens with one attached hydrogen (secondary N) is 1. The van der Waals surface area contributed by atoms with Gasteiger partial charge in [-0.05, 0) is 12.1 Å². The van der Waals surface area contributed by atoms with E-state index in [1.54, 1.807) is 7.11 Å². The molecule has 1 aromatic heterocycles. The fourth-order valence-corrected chi connectivity index (χ4v) is 1.63. The van der Waals surface area contributed by atoms with Gasteiger partial charge in [-0.2, -0.15) is 0 Å². The number of hydrogen-bond donors (Lipinski definition) is 2. The monoisotopic (exact) mass is 223 g/mol. The van der Waals surface area contributed by atoms with Crippen molar-refractivity contribution in [1.82, 2.24) is 9.97 Å². The van der Waals surface area contributed by atoms with Crippen LogP contribution in [0.3, 0.4) is 0 Å². The van der Waals surface area contributed by atoms with Gasteiger partial charge in [0, 0.05) is 5.56 Å². The summed E-state index contributed by atoms with van der Waals surface area (Å²) in [4.78, 5) is 6.83. The smallest absolute Gasteiger partial charge is 0.199 e. The Morgan fingerprint density at radius 3 is 2.73 bits per heavy atom. The molecule has 0 fully saturated rings. The van der Waals surface area contributed by atoms with E-state index in [0.29, 0.717) is 22.5 Å². The quantitative estimate of drug-likeness (QED) is 0.821. The van der Waals surface area contributed by atoms with Gasteiger partial charge in [0.25, 0.3) is 0 Å².